The van der Waals surface area contributed by atoms with Crippen LogP contribution in [-0.2, 0) is 5.41 Å². The minimum Gasteiger partial charge on any atom is -0.0918 e. The van der Waals surface area contributed by atoms with Crippen molar-refractivity contribution < 1.29 is 0 Å². The fraction of sp³-hybridized carbons (Fsp3) is 0.571. The first-order chi connectivity index (χ1) is 8.05. The molecule has 0 fully saturated rings. The Labute approximate surface area is 126 Å². The van der Waals surface area contributed by atoms with Crippen LogP contribution in [0.5, 0.6) is 0 Å². The monoisotopic (exact) mass is 380 g/mol. The van der Waals surface area contributed by atoms with Crippen LogP contribution in [0.25, 0.3) is 0 Å². The summed E-state index contributed by atoms with van der Waals surface area (Å²) in [5.41, 5.74) is 1.35. The molecule has 0 heterocycles. The molecule has 17 heavy (non-hydrogen) atoms. The zero-order chi connectivity index (χ0) is 12.9. The van der Waals surface area contributed by atoms with Gasteiger partial charge in [-0.25, -0.2) is 0 Å². The third-order valence-electron chi connectivity index (χ3n) is 3.16. The van der Waals surface area contributed by atoms with Gasteiger partial charge >= 0.3 is 0 Å². The second-order valence-electron chi connectivity index (χ2n) is 4.96. The lowest BCUT2D eigenvalue weighted by Crippen LogP contribution is -2.31. The molecule has 0 atom stereocenters. The summed E-state index contributed by atoms with van der Waals surface area (Å²) in [6, 6.07) is 8.18. The summed E-state index contributed by atoms with van der Waals surface area (Å²) in [7, 11) is 0. The molecule has 1 aromatic rings. The van der Waals surface area contributed by atoms with Crippen LogP contribution in [-0.4, -0.2) is 10.7 Å². The van der Waals surface area contributed by atoms with Crippen molar-refractivity contribution in [2.75, 3.05) is 10.7 Å². The zero-order valence-electron chi connectivity index (χ0n) is 10.3. The fourth-order valence-corrected chi connectivity index (χ4v) is 4.33. The van der Waals surface area contributed by atoms with Crippen LogP contribution in [0.1, 0.15) is 32.3 Å². The Morgan fingerprint density at radius 2 is 1.76 bits per heavy atom. The molecule has 1 aromatic carbocycles. The van der Waals surface area contributed by atoms with Crippen molar-refractivity contribution in [2.45, 2.75) is 32.1 Å². The van der Waals surface area contributed by atoms with Crippen molar-refractivity contribution in [2.24, 2.45) is 5.92 Å². The largest absolute Gasteiger partial charge is 0.0918 e. The Balaban J connectivity index is 3.02. The van der Waals surface area contributed by atoms with Gasteiger partial charge in [0, 0.05) is 21.1 Å². The molecule has 0 N–H and O–H groups in total. The Morgan fingerprint density at radius 1 is 1.18 bits per heavy atom. The normalized spacial score (nSPS) is 12.1. The van der Waals surface area contributed by atoms with Crippen LogP contribution in [0.2, 0.25) is 5.02 Å². The maximum Gasteiger partial charge on any atom is 0.0444 e. The Hall–Kier alpha value is 0.470. The van der Waals surface area contributed by atoms with E-state index in [2.05, 4.69) is 57.8 Å². The first kappa shape index (κ1) is 15.5. The lowest BCUT2D eigenvalue weighted by Gasteiger charge is -2.32. The molecule has 0 saturated carbocycles. The number of hydrogen-bond donors (Lipinski definition) is 0. The number of rotatable bonds is 6. The van der Waals surface area contributed by atoms with Crippen molar-refractivity contribution >= 4 is 43.5 Å². The van der Waals surface area contributed by atoms with Gasteiger partial charge in [-0.2, -0.15) is 0 Å². The topological polar surface area (TPSA) is 0 Å². The van der Waals surface area contributed by atoms with E-state index in [0.717, 1.165) is 28.0 Å². The number of benzene rings is 1. The molecule has 0 unspecified atom stereocenters. The lowest BCUT2D eigenvalue weighted by atomic mass is 9.79. The molecular weight excluding hydrogens is 363 g/mol. The number of halogens is 3. The quantitative estimate of drug-likeness (QED) is 0.545. The second kappa shape index (κ2) is 7.16. The van der Waals surface area contributed by atoms with Gasteiger partial charge in [0.15, 0.2) is 0 Å². The fourth-order valence-electron chi connectivity index (χ4n) is 1.90. The molecule has 0 radical (unpaired) electrons. The van der Waals surface area contributed by atoms with E-state index in [1.165, 1.54) is 12.0 Å². The molecule has 3 heteroatoms. The van der Waals surface area contributed by atoms with E-state index in [1.807, 2.05) is 12.1 Å². The van der Waals surface area contributed by atoms with Gasteiger partial charge in [0.25, 0.3) is 0 Å². The maximum absolute atomic E-state index is 6.34. The molecule has 0 nitrogen and oxygen atoms in total. The number of alkyl halides is 2. The summed E-state index contributed by atoms with van der Waals surface area (Å²) in [5.74, 6) is 0.718. The molecule has 0 aromatic heterocycles. The van der Waals surface area contributed by atoms with Gasteiger partial charge in [-0.05, 0) is 24.0 Å². The minimum absolute atomic E-state index is 0.0998. The molecular formula is C14H19Br2Cl. The average Bonchev–Trinajstić information content (AvgIpc) is 2.32. The lowest BCUT2D eigenvalue weighted by molar-refractivity contribution is 0.431. The van der Waals surface area contributed by atoms with Crippen LogP contribution in [0, 0.1) is 5.92 Å². The van der Waals surface area contributed by atoms with Crippen LogP contribution < -0.4 is 0 Å². The summed E-state index contributed by atoms with van der Waals surface area (Å²) in [6.45, 7) is 4.53. The van der Waals surface area contributed by atoms with Gasteiger partial charge in [0.05, 0.1) is 0 Å². The van der Waals surface area contributed by atoms with Crippen LogP contribution in [0.3, 0.4) is 0 Å². The molecule has 0 saturated heterocycles. The maximum atomic E-state index is 6.34. The summed E-state index contributed by atoms with van der Waals surface area (Å²) in [4.78, 5) is 0. The van der Waals surface area contributed by atoms with Gasteiger partial charge in [0.1, 0.15) is 0 Å². The summed E-state index contributed by atoms with van der Waals surface area (Å²) in [6.07, 6.45) is 2.35. The van der Waals surface area contributed by atoms with E-state index in [9.17, 15) is 0 Å². The Morgan fingerprint density at radius 3 is 2.24 bits per heavy atom. The highest BCUT2D eigenvalue weighted by molar-refractivity contribution is 9.09. The Kier molecular flexibility index (Phi) is 6.54. The summed E-state index contributed by atoms with van der Waals surface area (Å²) < 4.78 is 0. The predicted molar refractivity (Wildman–Crippen MR) is 84.8 cm³/mol. The highest BCUT2D eigenvalue weighted by Gasteiger charge is 2.31. The first-order valence-corrected chi connectivity index (χ1v) is 8.55. The van der Waals surface area contributed by atoms with E-state index >= 15 is 0 Å². The van der Waals surface area contributed by atoms with Crippen LogP contribution in [0.15, 0.2) is 24.3 Å². The SMILES string of the molecule is CC(C)CCC(CBr)(CBr)c1ccccc1Cl. The molecule has 96 valence electrons. The highest BCUT2D eigenvalue weighted by atomic mass is 79.9. The smallest absolute Gasteiger partial charge is 0.0444 e. The summed E-state index contributed by atoms with van der Waals surface area (Å²) >= 11 is 13.7. The molecule has 0 bridgehead atoms. The third kappa shape index (κ3) is 3.97. The standard InChI is InChI=1S/C14H19Br2Cl/c1-11(2)7-8-14(9-15,10-16)12-5-3-4-6-13(12)17/h3-6,11H,7-10H2,1-2H3. The Bertz CT molecular complexity index is 346. The zero-order valence-corrected chi connectivity index (χ0v) is 14.3. The van der Waals surface area contributed by atoms with Crippen LogP contribution >= 0.6 is 43.5 Å². The molecule has 0 spiro atoms. The highest BCUT2D eigenvalue weighted by Crippen LogP contribution is 2.38. The molecule has 1 rings (SSSR count). The van der Waals surface area contributed by atoms with Crippen molar-refractivity contribution in [3.63, 3.8) is 0 Å². The van der Waals surface area contributed by atoms with Gasteiger partial charge in [-0.3, -0.25) is 0 Å². The molecule has 0 aliphatic heterocycles. The third-order valence-corrected chi connectivity index (χ3v) is 5.63. The van der Waals surface area contributed by atoms with Crippen molar-refractivity contribution in [1.29, 1.82) is 0 Å². The minimum atomic E-state index is 0.0998. The predicted octanol–water partition coefficient (Wildman–Crippen LogP) is 5.80. The van der Waals surface area contributed by atoms with E-state index < -0.39 is 0 Å². The van der Waals surface area contributed by atoms with E-state index in [1.54, 1.807) is 0 Å². The average molecular weight is 383 g/mol. The number of hydrogen-bond acceptors (Lipinski definition) is 0. The van der Waals surface area contributed by atoms with Gasteiger partial charge < -0.3 is 0 Å². The molecule has 0 aliphatic carbocycles. The van der Waals surface area contributed by atoms with Gasteiger partial charge in [0.2, 0.25) is 0 Å². The van der Waals surface area contributed by atoms with Crippen molar-refractivity contribution in [3.8, 4) is 0 Å². The summed E-state index contributed by atoms with van der Waals surface area (Å²) in [5, 5.41) is 2.74. The van der Waals surface area contributed by atoms with Gasteiger partial charge in [-0.15, -0.1) is 0 Å². The van der Waals surface area contributed by atoms with Gasteiger partial charge in [-0.1, -0.05) is 81.9 Å². The van der Waals surface area contributed by atoms with Crippen molar-refractivity contribution in [1.82, 2.24) is 0 Å². The van der Waals surface area contributed by atoms with Crippen molar-refractivity contribution in [3.05, 3.63) is 34.9 Å². The van der Waals surface area contributed by atoms with E-state index in [0.29, 0.717) is 0 Å². The van der Waals surface area contributed by atoms with Crippen LogP contribution in [0.4, 0.5) is 0 Å². The second-order valence-corrected chi connectivity index (χ2v) is 6.49. The van der Waals surface area contributed by atoms with E-state index in [4.69, 9.17) is 11.6 Å². The molecule has 0 aliphatic rings. The first-order valence-electron chi connectivity index (χ1n) is 5.92. The van der Waals surface area contributed by atoms with E-state index in [-0.39, 0.29) is 5.41 Å². The molecule has 0 amide bonds.